The fourth-order valence-electron chi connectivity index (χ4n) is 4.72. The van der Waals surface area contributed by atoms with Crippen molar-refractivity contribution in [3.05, 3.63) is 97.8 Å². The minimum atomic E-state index is -1.50. The first-order chi connectivity index (χ1) is 17.8. The normalized spacial score (nSPS) is 14.7. The number of hydrogen-bond acceptors (Lipinski definition) is 3. The summed E-state index contributed by atoms with van der Waals surface area (Å²) >= 11 is 1.75. The molecule has 0 saturated carbocycles. The van der Waals surface area contributed by atoms with Crippen molar-refractivity contribution < 1.29 is 26.3 Å². The molecule has 0 bridgehead atoms. The van der Waals surface area contributed by atoms with Crippen molar-refractivity contribution in [1.82, 2.24) is 0 Å². The Labute approximate surface area is 253 Å². The van der Waals surface area contributed by atoms with Gasteiger partial charge in [-0.1, -0.05) is 82.2 Å². The Morgan fingerprint density at radius 1 is 0.897 bits per heavy atom. The number of aryl methyl sites for hydroxylation is 1. The molecule has 0 heterocycles. The van der Waals surface area contributed by atoms with Gasteiger partial charge in [-0.05, 0) is 54.8 Å². The van der Waals surface area contributed by atoms with E-state index in [1.165, 1.54) is 53.2 Å². The van der Waals surface area contributed by atoms with Crippen LogP contribution in [0.3, 0.4) is 0 Å². The first kappa shape index (κ1) is 35.2. The smallest absolute Gasteiger partial charge is 0.162 e. The number of rotatable bonds is 5. The Balaban J connectivity index is 0.000000655. The fourth-order valence-corrected chi connectivity index (χ4v) is 8.80. The van der Waals surface area contributed by atoms with E-state index in [9.17, 15) is 5.11 Å². The molecule has 0 saturated heterocycles. The van der Waals surface area contributed by atoms with E-state index in [1.807, 2.05) is 18.2 Å². The Morgan fingerprint density at radius 3 is 2.26 bits per heavy atom. The van der Waals surface area contributed by atoms with Gasteiger partial charge in [0.1, 0.15) is 23.8 Å². The molecule has 1 aliphatic rings. The van der Waals surface area contributed by atoms with E-state index >= 15 is 0 Å². The minimum Gasteiger partial charge on any atom is -0.504 e. The predicted molar refractivity (Wildman–Crippen MR) is 173 cm³/mol. The second-order valence-corrected chi connectivity index (χ2v) is 13.6. The SMILES string of the molecule is C1=C\CCC[CH-]CC/1.COc1cccc(C)c1[PH+](c1ccccc1SC)c1cccc(C(C)(C)C)c1O.[CH3+].[Ni]. The zero-order valence-corrected chi connectivity index (χ0v) is 27.4. The quantitative estimate of drug-likeness (QED) is 0.104. The number of thioether (sulfide) groups is 1. The van der Waals surface area contributed by atoms with Crippen molar-refractivity contribution in [3.8, 4) is 11.5 Å². The molecular formula is C34H46NiO2PS+. The number of methoxy groups -OCH3 is 1. The van der Waals surface area contributed by atoms with Gasteiger partial charge in [0.25, 0.3) is 0 Å². The molecule has 1 atom stereocenters. The van der Waals surface area contributed by atoms with Crippen LogP contribution in [0.1, 0.15) is 64.0 Å². The van der Waals surface area contributed by atoms with E-state index in [2.05, 4.69) is 95.0 Å². The maximum Gasteiger partial charge on any atom is 0.162 e. The average molecular weight is 608 g/mol. The molecule has 2 nitrogen and oxygen atoms in total. The van der Waals surface area contributed by atoms with Gasteiger partial charge < -0.3 is 16.3 Å². The maximum atomic E-state index is 11.4. The number of hydrogen-bond donors (Lipinski definition) is 1. The second-order valence-electron chi connectivity index (χ2n) is 10.4. The van der Waals surface area contributed by atoms with Crippen LogP contribution < -0.4 is 20.7 Å². The number of phenols is 1. The van der Waals surface area contributed by atoms with Gasteiger partial charge in [-0.25, -0.2) is 0 Å². The third-order valence-corrected chi connectivity index (χ3v) is 10.7. The monoisotopic (exact) mass is 607 g/mol. The molecule has 0 aromatic heterocycles. The van der Waals surface area contributed by atoms with Crippen LogP contribution >= 0.6 is 19.7 Å². The van der Waals surface area contributed by atoms with E-state index in [4.69, 9.17) is 4.74 Å². The van der Waals surface area contributed by atoms with E-state index in [0.717, 1.165) is 16.6 Å². The molecule has 0 fully saturated rings. The zero-order chi connectivity index (χ0) is 26.8. The molecule has 4 rings (SSSR count). The first-order valence-corrected chi connectivity index (χ1v) is 16.0. The van der Waals surface area contributed by atoms with Gasteiger partial charge in [0.05, 0.1) is 7.11 Å². The van der Waals surface area contributed by atoms with E-state index in [0.29, 0.717) is 5.75 Å². The van der Waals surface area contributed by atoms with Crippen LogP contribution in [0.25, 0.3) is 0 Å². The van der Waals surface area contributed by atoms with Crippen LogP contribution in [-0.2, 0) is 21.9 Å². The maximum absolute atomic E-state index is 11.4. The molecule has 0 radical (unpaired) electrons. The molecule has 1 unspecified atom stereocenters. The third-order valence-electron chi connectivity index (χ3n) is 6.68. The zero-order valence-electron chi connectivity index (χ0n) is 24.6. The average Bonchev–Trinajstić information content (AvgIpc) is 2.85. The number of ether oxygens (including phenoxy) is 1. The molecule has 3 aromatic rings. The van der Waals surface area contributed by atoms with Crippen molar-refractivity contribution in [3.63, 3.8) is 0 Å². The van der Waals surface area contributed by atoms with Gasteiger partial charge in [0.2, 0.25) is 0 Å². The largest absolute Gasteiger partial charge is 0.504 e. The van der Waals surface area contributed by atoms with Crippen molar-refractivity contribution in [2.45, 2.75) is 70.1 Å². The topological polar surface area (TPSA) is 29.5 Å². The molecule has 5 heteroatoms. The van der Waals surface area contributed by atoms with Crippen LogP contribution in [0.4, 0.5) is 0 Å². The number of para-hydroxylation sites is 1. The summed E-state index contributed by atoms with van der Waals surface area (Å²) in [5.74, 6) is 1.30. The number of phenolic OH excluding ortho intramolecular Hbond substituents is 1. The summed E-state index contributed by atoms with van der Waals surface area (Å²) in [6, 6.07) is 20.9. The van der Waals surface area contributed by atoms with Gasteiger partial charge >= 0.3 is 0 Å². The molecule has 1 aliphatic carbocycles. The van der Waals surface area contributed by atoms with Crippen LogP contribution in [0.5, 0.6) is 11.5 Å². The summed E-state index contributed by atoms with van der Waals surface area (Å²) < 4.78 is 5.80. The van der Waals surface area contributed by atoms with Crippen LogP contribution in [0.2, 0.25) is 0 Å². The van der Waals surface area contributed by atoms with E-state index in [1.54, 1.807) is 18.9 Å². The molecule has 214 valence electrons. The summed E-state index contributed by atoms with van der Waals surface area (Å²) in [6.07, 6.45) is 15.6. The summed E-state index contributed by atoms with van der Waals surface area (Å²) in [4.78, 5) is 1.24. The Bertz CT molecular complexity index is 1180. The molecule has 3 aromatic carbocycles. The van der Waals surface area contributed by atoms with Gasteiger partial charge in [-0.3, -0.25) is 0 Å². The van der Waals surface area contributed by atoms with Crippen molar-refractivity contribution in [2.24, 2.45) is 0 Å². The number of aromatic hydroxyl groups is 1. The van der Waals surface area contributed by atoms with Crippen molar-refractivity contribution >= 4 is 35.6 Å². The molecule has 39 heavy (non-hydrogen) atoms. The molecular weight excluding hydrogens is 562 g/mol. The van der Waals surface area contributed by atoms with Gasteiger partial charge in [-0.15, -0.1) is 11.8 Å². The fraction of sp³-hybridized carbons (Fsp3) is 0.353. The Hall–Kier alpha value is -1.86. The molecule has 0 spiro atoms. The van der Waals surface area contributed by atoms with E-state index < -0.39 is 7.92 Å². The Kier molecular flexibility index (Phi) is 15.4. The molecule has 0 amide bonds. The number of benzene rings is 3. The molecule has 0 aliphatic heterocycles. The summed E-state index contributed by atoms with van der Waals surface area (Å²) in [5, 5.41) is 14.9. The molecule has 1 N–H and O–H groups in total. The van der Waals surface area contributed by atoms with Gasteiger partial charge in [0.15, 0.2) is 11.5 Å². The predicted octanol–water partition coefficient (Wildman–Crippen LogP) is 8.38. The minimum absolute atomic E-state index is 0. The van der Waals surface area contributed by atoms with Crippen molar-refractivity contribution in [1.29, 1.82) is 0 Å². The Morgan fingerprint density at radius 2 is 1.56 bits per heavy atom. The summed E-state index contributed by atoms with van der Waals surface area (Å²) in [6.45, 7) is 8.56. The first-order valence-electron chi connectivity index (χ1n) is 13.2. The van der Waals surface area contributed by atoms with Crippen LogP contribution in [0, 0.1) is 20.8 Å². The van der Waals surface area contributed by atoms with Crippen LogP contribution in [0.15, 0.2) is 77.7 Å². The summed E-state index contributed by atoms with van der Waals surface area (Å²) in [7, 11) is 0.227. The van der Waals surface area contributed by atoms with E-state index in [-0.39, 0.29) is 29.3 Å². The van der Waals surface area contributed by atoms with Crippen molar-refractivity contribution in [2.75, 3.05) is 13.4 Å². The summed E-state index contributed by atoms with van der Waals surface area (Å²) in [5.41, 5.74) is 2.03. The second kappa shape index (κ2) is 17.1. The number of allylic oxidation sites excluding steroid dienone is 2. The third kappa shape index (κ3) is 9.35. The standard InChI is InChI=1S/C25H29O2PS.C8H13.CH3.Ni/c1-17-11-9-13-19(27-5)24(17)28(20-14-7-8-16-22(20)29-6)21-15-10-12-18(23(21)26)25(2,3)4;1-2-4-6-8-7-5-3-1;;/h7-16,26H,1-6H3;1-2,7H,3-6,8H2;1H3;/q;-1;+1;/p+1/b;2-1-;;. The van der Waals surface area contributed by atoms with Gasteiger partial charge in [-0.2, -0.15) is 12.8 Å². The van der Waals surface area contributed by atoms with Gasteiger partial charge in [0, 0.05) is 34.4 Å². The van der Waals surface area contributed by atoms with Crippen LogP contribution in [-0.4, -0.2) is 18.5 Å².